The molecule has 2 nitrogen and oxygen atoms in total. The molecule has 0 heterocycles. The van der Waals surface area contributed by atoms with E-state index in [4.69, 9.17) is 11.6 Å². The summed E-state index contributed by atoms with van der Waals surface area (Å²) in [5, 5.41) is 12.4. The van der Waals surface area contributed by atoms with Gasteiger partial charge in [-0.2, -0.15) is 0 Å². The predicted octanol–water partition coefficient (Wildman–Crippen LogP) is 3.73. The van der Waals surface area contributed by atoms with Gasteiger partial charge in [0.25, 0.3) is 0 Å². The second kappa shape index (κ2) is 6.78. The Balaban J connectivity index is 2.22. The largest absolute Gasteiger partial charge is 0.388 e. The summed E-state index contributed by atoms with van der Waals surface area (Å²) in [6, 6.07) is 16.9. The van der Waals surface area contributed by atoms with E-state index in [1.165, 1.54) is 0 Å². The van der Waals surface area contributed by atoms with E-state index in [1.54, 1.807) is 31.2 Å². The highest BCUT2D eigenvalue weighted by molar-refractivity contribution is 7.13. The molecule has 22 heavy (non-hydrogen) atoms. The molecule has 2 rings (SSSR count). The van der Waals surface area contributed by atoms with Crippen LogP contribution in [-0.4, -0.2) is 18.6 Å². The van der Waals surface area contributed by atoms with Gasteiger partial charge in [0.2, 0.25) is 0 Å². The number of carbonyl (C=O) groups is 1. The Morgan fingerprint density at radius 3 is 2.14 bits per heavy atom. The van der Waals surface area contributed by atoms with E-state index < -0.39 is 20.1 Å². The Bertz CT molecular complexity index is 638. The molecule has 0 aromatic heterocycles. The monoisotopic (exact) mass is 332 g/mol. The van der Waals surface area contributed by atoms with Gasteiger partial charge in [-0.05, 0) is 17.7 Å². The third-order valence-corrected chi connectivity index (χ3v) is 7.93. The van der Waals surface area contributed by atoms with Gasteiger partial charge in [0, 0.05) is 10.9 Å². The van der Waals surface area contributed by atoms with Gasteiger partial charge in [0.05, 0.1) is 6.10 Å². The van der Waals surface area contributed by atoms with Crippen molar-refractivity contribution >= 4 is 30.3 Å². The first-order chi connectivity index (χ1) is 10.3. The van der Waals surface area contributed by atoms with Crippen molar-refractivity contribution in [1.82, 2.24) is 0 Å². The zero-order valence-electron chi connectivity index (χ0n) is 13.1. The van der Waals surface area contributed by atoms with Crippen LogP contribution in [-0.2, 0) is 4.79 Å². The summed E-state index contributed by atoms with van der Waals surface area (Å²) in [6.45, 7) is 5.88. The highest BCUT2D eigenvalue weighted by atomic mass is 35.5. The molecule has 1 N–H and O–H groups in total. The molecule has 0 saturated carbocycles. The summed E-state index contributed by atoms with van der Waals surface area (Å²) in [5.74, 6) is -0.442. The normalized spacial score (nSPS) is 14.4. The second-order valence-corrected chi connectivity index (χ2v) is 10.9. The maximum Gasteiger partial charge on any atom is 0.157 e. The average Bonchev–Trinajstić information content (AvgIpc) is 2.54. The fourth-order valence-corrected chi connectivity index (χ4v) is 5.39. The van der Waals surface area contributed by atoms with Crippen LogP contribution < -0.4 is 5.19 Å². The third kappa shape index (κ3) is 3.49. The molecule has 2 aromatic rings. The van der Waals surface area contributed by atoms with E-state index in [0.717, 1.165) is 10.8 Å². The highest BCUT2D eigenvalue weighted by Gasteiger charge is 2.38. The van der Waals surface area contributed by atoms with Crippen LogP contribution in [0.25, 0.3) is 0 Å². The van der Waals surface area contributed by atoms with E-state index in [9.17, 15) is 9.90 Å². The Labute approximate surface area is 137 Å². The van der Waals surface area contributed by atoms with Crippen LogP contribution in [0.4, 0.5) is 0 Å². The fourth-order valence-electron chi connectivity index (χ4n) is 2.66. The summed E-state index contributed by atoms with van der Waals surface area (Å²) >= 11 is 5.87. The first kappa shape index (κ1) is 16.9. The number of hydrogen-bond acceptors (Lipinski definition) is 2. The molecule has 0 aliphatic rings. The lowest BCUT2D eigenvalue weighted by molar-refractivity contribution is -0.118. The van der Waals surface area contributed by atoms with Gasteiger partial charge in [-0.3, -0.25) is 0 Å². The molecule has 2 aromatic carbocycles. The minimum atomic E-state index is -2.28. The molecular formula is C18H21ClO2Si. The Morgan fingerprint density at radius 2 is 1.59 bits per heavy atom. The van der Waals surface area contributed by atoms with E-state index >= 15 is 0 Å². The molecule has 0 bridgehead atoms. The minimum absolute atomic E-state index is 0.154. The van der Waals surface area contributed by atoms with Gasteiger partial charge in [0.15, 0.2) is 8.07 Å². The molecule has 116 valence electrons. The second-order valence-electron chi connectivity index (χ2n) is 6.14. The zero-order chi connectivity index (χ0) is 16.3. The molecule has 0 saturated heterocycles. The van der Waals surface area contributed by atoms with Crippen molar-refractivity contribution < 1.29 is 9.90 Å². The van der Waals surface area contributed by atoms with E-state index in [-0.39, 0.29) is 5.41 Å². The van der Waals surface area contributed by atoms with Crippen molar-refractivity contribution in [3.8, 4) is 0 Å². The summed E-state index contributed by atoms with van der Waals surface area (Å²) < 4.78 is 0. The lowest BCUT2D eigenvalue weighted by Crippen LogP contribution is -2.53. The minimum Gasteiger partial charge on any atom is -0.388 e. The van der Waals surface area contributed by atoms with Crippen LogP contribution in [0.3, 0.4) is 0 Å². The van der Waals surface area contributed by atoms with Gasteiger partial charge in [0.1, 0.15) is 5.41 Å². The number of halogens is 1. The number of hydrogen-bond donors (Lipinski definition) is 1. The van der Waals surface area contributed by atoms with Gasteiger partial charge in [-0.25, -0.2) is 0 Å². The average molecular weight is 333 g/mol. The molecule has 0 fully saturated rings. The lowest BCUT2D eigenvalue weighted by Gasteiger charge is -2.28. The first-order valence-corrected chi connectivity index (χ1v) is 10.7. The number of benzene rings is 2. The number of carbonyl (C=O) groups excluding carboxylic acids is 1. The van der Waals surface area contributed by atoms with Crippen LogP contribution in [0.15, 0.2) is 54.6 Å². The number of aliphatic hydroxyl groups excluding tert-OH is 1. The maximum absolute atomic E-state index is 12.9. The Hall–Kier alpha value is -1.42. The topological polar surface area (TPSA) is 37.3 Å². The Morgan fingerprint density at radius 1 is 1.05 bits per heavy atom. The Kier molecular flexibility index (Phi) is 5.22. The first-order valence-electron chi connectivity index (χ1n) is 7.37. The van der Waals surface area contributed by atoms with Crippen molar-refractivity contribution in [2.75, 3.05) is 0 Å². The van der Waals surface area contributed by atoms with E-state index in [0.29, 0.717) is 5.02 Å². The van der Waals surface area contributed by atoms with Crippen LogP contribution in [0.2, 0.25) is 18.1 Å². The molecule has 4 heteroatoms. The maximum atomic E-state index is 12.9. The molecule has 0 unspecified atom stereocenters. The van der Waals surface area contributed by atoms with Crippen molar-refractivity contribution in [2.24, 2.45) is 5.92 Å². The molecule has 0 amide bonds. The fraction of sp³-hybridized carbons (Fsp3) is 0.278. The van der Waals surface area contributed by atoms with Gasteiger partial charge >= 0.3 is 0 Å². The number of aliphatic hydroxyl groups is 1. The predicted molar refractivity (Wildman–Crippen MR) is 94.1 cm³/mol. The summed E-state index contributed by atoms with van der Waals surface area (Å²) in [6.07, 6.45) is -0.805. The van der Waals surface area contributed by atoms with E-state index in [1.807, 2.05) is 43.4 Å². The van der Waals surface area contributed by atoms with Crippen LogP contribution >= 0.6 is 11.6 Å². The zero-order valence-corrected chi connectivity index (χ0v) is 14.8. The van der Waals surface area contributed by atoms with Crippen molar-refractivity contribution in [2.45, 2.75) is 26.1 Å². The van der Waals surface area contributed by atoms with Crippen LogP contribution in [0.5, 0.6) is 0 Å². The molecule has 0 aliphatic heterocycles. The van der Waals surface area contributed by atoms with E-state index in [2.05, 4.69) is 0 Å². The molecule has 2 atom stereocenters. The lowest BCUT2D eigenvalue weighted by atomic mass is 9.99. The summed E-state index contributed by atoms with van der Waals surface area (Å²) in [4.78, 5) is 12.9. The van der Waals surface area contributed by atoms with Gasteiger partial charge < -0.3 is 9.90 Å². The molecular weight excluding hydrogens is 312 g/mol. The standard InChI is InChI=1S/C18H21ClO2Si/c1-13(17(20)14-9-11-15(19)12-10-14)18(21)22(2,3)16-7-5-4-6-8-16/h4-13,17,20H,1-3H3/t13-,17-/m1/s1. The summed E-state index contributed by atoms with van der Waals surface area (Å²) in [7, 11) is -2.28. The van der Waals surface area contributed by atoms with Crippen LogP contribution in [0.1, 0.15) is 18.6 Å². The SMILES string of the molecule is C[C@@H](C(=O)[Si](C)(C)c1ccccc1)[C@@H](O)c1ccc(Cl)cc1. The van der Waals surface area contributed by atoms with Gasteiger partial charge in [-0.15, -0.1) is 0 Å². The van der Waals surface area contributed by atoms with Crippen LogP contribution in [0, 0.1) is 5.92 Å². The quantitative estimate of drug-likeness (QED) is 0.847. The molecule has 0 aliphatic carbocycles. The van der Waals surface area contributed by atoms with Gasteiger partial charge in [-0.1, -0.05) is 79.3 Å². The molecule has 0 spiro atoms. The molecule has 0 radical (unpaired) electrons. The number of rotatable bonds is 5. The van der Waals surface area contributed by atoms with Crippen molar-refractivity contribution in [1.29, 1.82) is 0 Å². The summed E-state index contributed by atoms with van der Waals surface area (Å²) in [5.41, 5.74) is 0.725. The highest BCUT2D eigenvalue weighted by Crippen LogP contribution is 2.26. The van der Waals surface area contributed by atoms with Crippen molar-refractivity contribution in [3.05, 3.63) is 65.2 Å². The smallest absolute Gasteiger partial charge is 0.157 e. The van der Waals surface area contributed by atoms with Crippen molar-refractivity contribution in [3.63, 3.8) is 0 Å². The third-order valence-electron chi connectivity index (χ3n) is 4.21.